The van der Waals surface area contributed by atoms with Crippen LogP contribution in [0.4, 0.5) is 4.79 Å². The van der Waals surface area contributed by atoms with Gasteiger partial charge in [0.15, 0.2) is 6.61 Å². The van der Waals surface area contributed by atoms with Gasteiger partial charge in [-0.25, -0.2) is 4.79 Å². The maximum absolute atomic E-state index is 11.9. The molecule has 0 aliphatic rings. The Hall–Kier alpha value is -2.77. The van der Waals surface area contributed by atoms with Crippen molar-refractivity contribution < 1.29 is 23.9 Å². The molecule has 0 saturated heterocycles. The molecule has 1 unspecified atom stereocenters. The van der Waals surface area contributed by atoms with Crippen molar-refractivity contribution in [1.82, 2.24) is 16.0 Å². The van der Waals surface area contributed by atoms with Gasteiger partial charge in [0, 0.05) is 12.6 Å². The van der Waals surface area contributed by atoms with Crippen molar-refractivity contribution in [3.63, 3.8) is 0 Å². The van der Waals surface area contributed by atoms with Gasteiger partial charge in [-0.1, -0.05) is 32.0 Å². The SMILES string of the molecule is CCOC(=O)NC(CNC(=O)CNC(=O)COc1ccccc1)CC(C)C. The number of hydrogen-bond donors (Lipinski definition) is 3. The fourth-order valence-corrected chi connectivity index (χ4v) is 2.30. The monoisotopic (exact) mass is 379 g/mol. The number of carbonyl (C=O) groups is 3. The van der Waals surface area contributed by atoms with Crippen molar-refractivity contribution >= 4 is 17.9 Å². The molecule has 0 aromatic heterocycles. The molecule has 1 rings (SSSR count). The molecule has 1 aromatic rings. The molecule has 0 aliphatic heterocycles. The van der Waals surface area contributed by atoms with E-state index in [9.17, 15) is 14.4 Å². The van der Waals surface area contributed by atoms with Crippen LogP contribution in [0.1, 0.15) is 27.2 Å². The molecule has 1 aromatic carbocycles. The maximum Gasteiger partial charge on any atom is 0.407 e. The smallest absolute Gasteiger partial charge is 0.407 e. The van der Waals surface area contributed by atoms with Gasteiger partial charge in [-0.15, -0.1) is 0 Å². The third-order valence-corrected chi connectivity index (χ3v) is 3.46. The zero-order valence-corrected chi connectivity index (χ0v) is 16.1. The van der Waals surface area contributed by atoms with Crippen LogP contribution in [0.2, 0.25) is 0 Å². The number of hydrogen-bond acceptors (Lipinski definition) is 5. The molecule has 3 amide bonds. The Labute approximate surface area is 160 Å². The van der Waals surface area contributed by atoms with Gasteiger partial charge in [0.1, 0.15) is 5.75 Å². The van der Waals surface area contributed by atoms with Crippen molar-refractivity contribution in [3.8, 4) is 5.75 Å². The largest absolute Gasteiger partial charge is 0.484 e. The van der Waals surface area contributed by atoms with Crippen LogP contribution in [-0.2, 0) is 14.3 Å². The van der Waals surface area contributed by atoms with E-state index in [-0.39, 0.29) is 38.3 Å². The van der Waals surface area contributed by atoms with Gasteiger partial charge in [0.2, 0.25) is 5.91 Å². The van der Waals surface area contributed by atoms with Crippen LogP contribution >= 0.6 is 0 Å². The molecule has 0 aliphatic carbocycles. The lowest BCUT2D eigenvalue weighted by atomic mass is 10.0. The van der Waals surface area contributed by atoms with Gasteiger partial charge in [0.05, 0.1) is 13.2 Å². The summed E-state index contributed by atoms with van der Waals surface area (Å²) in [6, 6.07) is 8.69. The number of nitrogens with one attached hydrogen (secondary N) is 3. The normalized spacial score (nSPS) is 11.4. The average molecular weight is 379 g/mol. The molecular weight excluding hydrogens is 350 g/mol. The van der Waals surface area contributed by atoms with Gasteiger partial charge in [-0.3, -0.25) is 9.59 Å². The Bertz CT molecular complexity index is 592. The Kier molecular flexibility index (Phi) is 10.4. The highest BCUT2D eigenvalue weighted by Gasteiger charge is 2.16. The zero-order chi connectivity index (χ0) is 20.1. The van der Waals surface area contributed by atoms with Gasteiger partial charge < -0.3 is 25.4 Å². The Balaban J connectivity index is 2.29. The topological polar surface area (TPSA) is 106 Å². The molecular formula is C19H29N3O5. The predicted octanol–water partition coefficient (Wildman–Crippen LogP) is 1.46. The van der Waals surface area contributed by atoms with Crippen molar-refractivity contribution in [2.45, 2.75) is 33.2 Å². The summed E-state index contributed by atoms with van der Waals surface area (Å²) in [5.41, 5.74) is 0. The number of ether oxygens (including phenoxy) is 2. The molecule has 27 heavy (non-hydrogen) atoms. The summed E-state index contributed by atoms with van der Waals surface area (Å²) in [6.07, 6.45) is 0.180. The van der Waals surface area contributed by atoms with E-state index in [1.165, 1.54) is 0 Å². The summed E-state index contributed by atoms with van der Waals surface area (Å²) in [4.78, 5) is 35.2. The van der Waals surface area contributed by atoms with Crippen molar-refractivity contribution in [3.05, 3.63) is 30.3 Å². The highest BCUT2D eigenvalue weighted by molar-refractivity contribution is 5.85. The number of alkyl carbamates (subject to hydrolysis) is 1. The number of para-hydroxylation sites is 1. The van der Waals surface area contributed by atoms with Crippen molar-refractivity contribution in [2.24, 2.45) is 5.92 Å². The van der Waals surface area contributed by atoms with Gasteiger partial charge in [-0.2, -0.15) is 0 Å². The Morgan fingerprint density at radius 2 is 1.74 bits per heavy atom. The third-order valence-electron chi connectivity index (χ3n) is 3.46. The van der Waals surface area contributed by atoms with Crippen molar-refractivity contribution in [1.29, 1.82) is 0 Å². The Morgan fingerprint density at radius 3 is 2.37 bits per heavy atom. The molecule has 8 nitrogen and oxygen atoms in total. The highest BCUT2D eigenvalue weighted by Crippen LogP contribution is 2.07. The first kappa shape index (κ1) is 22.3. The van der Waals surface area contributed by atoms with E-state index < -0.39 is 12.0 Å². The van der Waals surface area contributed by atoms with Crippen LogP contribution in [0.3, 0.4) is 0 Å². The molecule has 0 heterocycles. The van der Waals surface area contributed by atoms with E-state index in [1.807, 2.05) is 19.9 Å². The van der Waals surface area contributed by atoms with E-state index >= 15 is 0 Å². The van der Waals surface area contributed by atoms with Gasteiger partial charge in [0.25, 0.3) is 5.91 Å². The number of amides is 3. The standard InChI is InChI=1S/C19H29N3O5/c1-4-26-19(25)22-15(10-14(2)3)11-20-17(23)12-21-18(24)13-27-16-8-6-5-7-9-16/h5-9,14-15H,4,10-13H2,1-3H3,(H,20,23)(H,21,24)(H,22,25). The number of carbonyl (C=O) groups excluding carboxylic acids is 3. The Morgan fingerprint density at radius 1 is 1.04 bits per heavy atom. The van der Waals surface area contributed by atoms with E-state index in [0.29, 0.717) is 18.1 Å². The average Bonchev–Trinajstić information content (AvgIpc) is 2.63. The van der Waals surface area contributed by atoms with E-state index in [0.717, 1.165) is 0 Å². The first-order chi connectivity index (χ1) is 12.9. The van der Waals surface area contributed by atoms with E-state index in [2.05, 4.69) is 16.0 Å². The van der Waals surface area contributed by atoms with E-state index in [4.69, 9.17) is 9.47 Å². The number of benzene rings is 1. The molecule has 8 heteroatoms. The van der Waals surface area contributed by atoms with E-state index in [1.54, 1.807) is 31.2 Å². The van der Waals surface area contributed by atoms with Crippen LogP contribution in [0.15, 0.2) is 30.3 Å². The highest BCUT2D eigenvalue weighted by atomic mass is 16.5. The van der Waals surface area contributed by atoms with Crippen LogP contribution in [-0.4, -0.2) is 50.3 Å². The summed E-state index contributed by atoms with van der Waals surface area (Å²) >= 11 is 0. The first-order valence-electron chi connectivity index (χ1n) is 9.05. The molecule has 0 saturated carbocycles. The third kappa shape index (κ3) is 10.7. The second-order valence-corrected chi connectivity index (χ2v) is 6.37. The second kappa shape index (κ2) is 12.6. The fourth-order valence-electron chi connectivity index (χ4n) is 2.30. The van der Waals surface area contributed by atoms with Crippen LogP contribution in [0.25, 0.3) is 0 Å². The minimum Gasteiger partial charge on any atom is -0.484 e. The lowest BCUT2D eigenvalue weighted by Crippen LogP contribution is -2.47. The zero-order valence-electron chi connectivity index (χ0n) is 16.1. The number of rotatable bonds is 11. The summed E-state index contributed by atoms with van der Waals surface area (Å²) in [5.74, 6) is 0.183. The quantitative estimate of drug-likeness (QED) is 0.540. The summed E-state index contributed by atoms with van der Waals surface area (Å²) in [6.45, 7) is 5.98. The molecule has 0 radical (unpaired) electrons. The predicted molar refractivity (Wildman–Crippen MR) is 101 cm³/mol. The summed E-state index contributed by atoms with van der Waals surface area (Å²) in [5, 5.41) is 7.92. The lowest BCUT2D eigenvalue weighted by Gasteiger charge is -2.20. The second-order valence-electron chi connectivity index (χ2n) is 6.37. The van der Waals surface area contributed by atoms with Crippen LogP contribution < -0.4 is 20.7 Å². The lowest BCUT2D eigenvalue weighted by molar-refractivity contribution is -0.127. The molecule has 3 N–H and O–H groups in total. The molecule has 0 spiro atoms. The minimum absolute atomic E-state index is 0.162. The fraction of sp³-hybridized carbons (Fsp3) is 0.526. The van der Waals surface area contributed by atoms with Crippen molar-refractivity contribution in [2.75, 3.05) is 26.3 Å². The maximum atomic E-state index is 11.9. The molecule has 0 fully saturated rings. The summed E-state index contributed by atoms with van der Waals surface area (Å²) < 4.78 is 10.2. The van der Waals surface area contributed by atoms with Gasteiger partial charge >= 0.3 is 6.09 Å². The van der Waals surface area contributed by atoms with Gasteiger partial charge in [-0.05, 0) is 31.4 Å². The minimum atomic E-state index is -0.510. The van der Waals surface area contributed by atoms with Crippen LogP contribution in [0, 0.1) is 5.92 Å². The molecule has 150 valence electrons. The molecule has 1 atom stereocenters. The summed E-state index contributed by atoms with van der Waals surface area (Å²) in [7, 11) is 0. The van der Waals surface area contributed by atoms with Crippen LogP contribution in [0.5, 0.6) is 5.75 Å². The molecule has 0 bridgehead atoms. The first-order valence-corrected chi connectivity index (χ1v) is 9.05.